The lowest BCUT2D eigenvalue weighted by atomic mass is 9.63. The summed E-state index contributed by atoms with van der Waals surface area (Å²) in [6.45, 7) is 0. The molecule has 2 aliphatic carbocycles. The predicted octanol–water partition coefficient (Wildman–Crippen LogP) is 5.24. The van der Waals surface area contributed by atoms with Gasteiger partial charge in [0.2, 0.25) is 0 Å². The molecular formula is C23H22O2. The summed E-state index contributed by atoms with van der Waals surface area (Å²) in [5.74, 6) is 1.01. The van der Waals surface area contributed by atoms with E-state index in [4.69, 9.17) is 4.74 Å². The summed E-state index contributed by atoms with van der Waals surface area (Å²) in [5.41, 5.74) is 4.67. The highest BCUT2D eigenvalue weighted by atomic mass is 16.5. The van der Waals surface area contributed by atoms with Gasteiger partial charge in [-0.05, 0) is 42.4 Å². The molecule has 1 fully saturated rings. The van der Waals surface area contributed by atoms with E-state index >= 15 is 0 Å². The Balaban J connectivity index is 1.74. The second-order valence-corrected chi connectivity index (χ2v) is 7.61. The van der Waals surface area contributed by atoms with E-state index in [9.17, 15) is 4.79 Å². The van der Waals surface area contributed by atoms with Crippen molar-refractivity contribution in [2.24, 2.45) is 5.41 Å². The lowest BCUT2D eigenvalue weighted by Crippen LogP contribution is -2.41. The summed E-state index contributed by atoms with van der Waals surface area (Å²) < 4.78 is 6.05. The molecule has 1 aliphatic heterocycles. The van der Waals surface area contributed by atoms with E-state index in [1.165, 1.54) is 16.7 Å². The maximum Gasteiger partial charge on any atom is 0.318 e. The number of carbonyl (C=O) groups excluding carboxylic acids is 1. The van der Waals surface area contributed by atoms with Crippen LogP contribution in [0, 0.1) is 5.41 Å². The van der Waals surface area contributed by atoms with Crippen LogP contribution in [0.3, 0.4) is 0 Å². The van der Waals surface area contributed by atoms with Crippen LogP contribution in [0.1, 0.15) is 54.7 Å². The molecule has 1 spiro atoms. The number of aryl methyl sites for hydroxylation is 1. The quantitative estimate of drug-likeness (QED) is 0.668. The minimum atomic E-state index is -0.355. The van der Waals surface area contributed by atoms with Crippen molar-refractivity contribution < 1.29 is 9.53 Å². The third-order valence-corrected chi connectivity index (χ3v) is 6.35. The highest BCUT2D eigenvalue weighted by molar-refractivity contribution is 5.90. The van der Waals surface area contributed by atoms with Crippen molar-refractivity contribution in [3.8, 4) is 0 Å². The third kappa shape index (κ3) is 2.13. The van der Waals surface area contributed by atoms with Gasteiger partial charge in [-0.2, -0.15) is 0 Å². The number of allylic oxidation sites excluding steroid dienone is 1. The first-order valence-electron chi connectivity index (χ1n) is 9.38. The van der Waals surface area contributed by atoms with E-state index in [1.54, 1.807) is 0 Å². The van der Waals surface area contributed by atoms with Gasteiger partial charge in [0.05, 0.1) is 5.41 Å². The normalized spacial score (nSPS) is 24.0. The lowest BCUT2D eigenvalue weighted by Gasteiger charge is -2.43. The molecule has 25 heavy (non-hydrogen) atoms. The van der Waals surface area contributed by atoms with Crippen LogP contribution in [0.25, 0.3) is 5.76 Å². The Kier molecular flexibility index (Phi) is 3.34. The molecule has 1 atom stereocenters. The molecule has 0 amide bonds. The number of benzene rings is 2. The van der Waals surface area contributed by atoms with Crippen molar-refractivity contribution in [3.63, 3.8) is 0 Å². The molecule has 3 aliphatic rings. The van der Waals surface area contributed by atoms with Gasteiger partial charge >= 0.3 is 5.97 Å². The molecule has 0 aromatic heterocycles. The zero-order valence-corrected chi connectivity index (χ0v) is 14.3. The summed E-state index contributed by atoms with van der Waals surface area (Å²) >= 11 is 0. The second-order valence-electron chi connectivity index (χ2n) is 7.61. The molecule has 0 saturated heterocycles. The van der Waals surface area contributed by atoms with Gasteiger partial charge in [-0.3, -0.25) is 4.79 Å². The Morgan fingerprint density at radius 2 is 1.60 bits per heavy atom. The highest BCUT2D eigenvalue weighted by Crippen LogP contribution is 2.58. The monoisotopic (exact) mass is 330 g/mol. The summed E-state index contributed by atoms with van der Waals surface area (Å²) in [6, 6.07) is 19.0. The first-order chi connectivity index (χ1) is 12.3. The fourth-order valence-electron chi connectivity index (χ4n) is 5.22. The molecule has 2 aromatic carbocycles. The van der Waals surface area contributed by atoms with Gasteiger partial charge in [-0.1, -0.05) is 67.4 Å². The fourth-order valence-corrected chi connectivity index (χ4v) is 5.22. The molecule has 5 rings (SSSR count). The Labute approximate surface area is 148 Å². The molecule has 2 aromatic rings. The van der Waals surface area contributed by atoms with Crippen molar-refractivity contribution in [3.05, 3.63) is 76.9 Å². The van der Waals surface area contributed by atoms with Gasteiger partial charge < -0.3 is 4.74 Å². The van der Waals surface area contributed by atoms with Crippen LogP contribution in [-0.4, -0.2) is 5.97 Å². The first kappa shape index (κ1) is 14.9. The number of fused-ring (bicyclic) bond motifs is 2. The van der Waals surface area contributed by atoms with Gasteiger partial charge in [-0.15, -0.1) is 0 Å². The predicted molar refractivity (Wildman–Crippen MR) is 97.9 cm³/mol. The summed E-state index contributed by atoms with van der Waals surface area (Å²) in [5, 5.41) is 0. The van der Waals surface area contributed by atoms with E-state index in [2.05, 4.69) is 48.5 Å². The SMILES string of the molecule is O=C1OC2=C(CCc3ccccc32)C(c2ccccc2)C12CCCC2. The van der Waals surface area contributed by atoms with E-state index in [0.29, 0.717) is 0 Å². The Morgan fingerprint density at radius 3 is 2.40 bits per heavy atom. The number of hydrogen-bond donors (Lipinski definition) is 0. The molecular weight excluding hydrogens is 308 g/mol. The van der Waals surface area contributed by atoms with Crippen LogP contribution in [0.5, 0.6) is 0 Å². The summed E-state index contributed by atoms with van der Waals surface area (Å²) in [4.78, 5) is 13.2. The van der Waals surface area contributed by atoms with E-state index < -0.39 is 0 Å². The van der Waals surface area contributed by atoms with Crippen molar-refractivity contribution in [1.29, 1.82) is 0 Å². The van der Waals surface area contributed by atoms with Gasteiger partial charge in [0.15, 0.2) is 0 Å². The standard InChI is InChI=1S/C23H22O2/c24-22-23(14-6-7-15-23)20(17-9-2-1-3-10-17)19-13-12-16-8-4-5-11-18(16)21(19)25-22/h1-5,8-11,20H,6-7,12-15H2. The largest absolute Gasteiger partial charge is 0.425 e. The van der Waals surface area contributed by atoms with Crippen molar-refractivity contribution in [2.75, 3.05) is 0 Å². The molecule has 1 heterocycles. The number of hydrogen-bond acceptors (Lipinski definition) is 2. The highest BCUT2D eigenvalue weighted by Gasteiger charge is 2.54. The van der Waals surface area contributed by atoms with E-state index in [0.717, 1.165) is 49.8 Å². The van der Waals surface area contributed by atoms with Crippen molar-refractivity contribution >= 4 is 11.7 Å². The van der Waals surface area contributed by atoms with Gasteiger partial charge in [-0.25, -0.2) is 0 Å². The number of esters is 1. The van der Waals surface area contributed by atoms with E-state index in [-0.39, 0.29) is 17.3 Å². The second kappa shape index (κ2) is 5.59. The average molecular weight is 330 g/mol. The molecule has 0 bridgehead atoms. The number of carbonyl (C=O) groups is 1. The van der Waals surface area contributed by atoms with E-state index in [1.807, 2.05) is 6.07 Å². The lowest BCUT2D eigenvalue weighted by molar-refractivity contribution is -0.151. The van der Waals surface area contributed by atoms with Gasteiger partial charge in [0, 0.05) is 11.5 Å². The minimum Gasteiger partial charge on any atom is -0.425 e. The number of rotatable bonds is 1. The van der Waals surface area contributed by atoms with Crippen LogP contribution in [0.15, 0.2) is 60.2 Å². The zero-order chi connectivity index (χ0) is 16.9. The maximum absolute atomic E-state index is 13.2. The third-order valence-electron chi connectivity index (χ3n) is 6.35. The van der Waals surface area contributed by atoms with Crippen LogP contribution >= 0.6 is 0 Å². The van der Waals surface area contributed by atoms with Crippen molar-refractivity contribution in [1.82, 2.24) is 0 Å². The van der Waals surface area contributed by atoms with Crippen LogP contribution in [0.2, 0.25) is 0 Å². The summed E-state index contributed by atoms with van der Waals surface area (Å²) in [7, 11) is 0. The zero-order valence-electron chi connectivity index (χ0n) is 14.3. The Bertz CT molecular complexity index is 857. The first-order valence-corrected chi connectivity index (χ1v) is 9.38. The van der Waals surface area contributed by atoms with Crippen LogP contribution < -0.4 is 0 Å². The maximum atomic E-state index is 13.2. The average Bonchev–Trinajstić information content (AvgIpc) is 3.14. The smallest absolute Gasteiger partial charge is 0.318 e. The molecule has 0 radical (unpaired) electrons. The molecule has 1 unspecified atom stereocenters. The summed E-state index contributed by atoms with van der Waals surface area (Å²) in [6.07, 6.45) is 6.16. The number of ether oxygens (including phenoxy) is 1. The molecule has 126 valence electrons. The van der Waals surface area contributed by atoms with Gasteiger partial charge in [0.1, 0.15) is 5.76 Å². The fraction of sp³-hybridized carbons (Fsp3) is 0.348. The minimum absolute atomic E-state index is 0.00527. The molecule has 0 N–H and O–H groups in total. The van der Waals surface area contributed by atoms with Crippen LogP contribution in [0.4, 0.5) is 0 Å². The van der Waals surface area contributed by atoms with Crippen molar-refractivity contribution in [2.45, 2.75) is 44.4 Å². The Hall–Kier alpha value is -2.35. The molecule has 2 heteroatoms. The molecule has 2 nitrogen and oxygen atoms in total. The van der Waals surface area contributed by atoms with Gasteiger partial charge in [0.25, 0.3) is 0 Å². The van der Waals surface area contributed by atoms with Crippen LogP contribution in [-0.2, 0) is 16.0 Å². The molecule has 1 saturated carbocycles. The topological polar surface area (TPSA) is 26.3 Å². The Morgan fingerprint density at radius 1 is 0.880 bits per heavy atom.